The number of benzene rings is 1. The van der Waals surface area contributed by atoms with Crippen LogP contribution < -0.4 is 4.74 Å². The summed E-state index contributed by atoms with van der Waals surface area (Å²) in [6, 6.07) is 8.56. The first-order valence-electron chi connectivity index (χ1n) is 8.36. The molecule has 0 amide bonds. The van der Waals surface area contributed by atoms with Crippen LogP contribution in [0.2, 0.25) is 0 Å². The van der Waals surface area contributed by atoms with Crippen molar-refractivity contribution in [3.05, 3.63) is 29.8 Å². The largest absolute Gasteiger partial charge is 0.493 e. The first-order chi connectivity index (χ1) is 9.80. The molecule has 0 atom stereocenters. The molecule has 110 valence electrons. The number of quaternary nitrogens is 1. The van der Waals surface area contributed by atoms with Gasteiger partial charge in [0.05, 0.1) is 32.8 Å². The highest BCUT2D eigenvalue weighted by Gasteiger charge is 2.38. The molecule has 1 aromatic rings. The van der Waals surface area contributed by atoms with Crippen LogP contribution in [-0.4, -0.2) is 37.3 Å². The Labute approximate surface area is 123 Å². The van der Waals surface area contributed by atoms with Gasteiger partial charge >= 0.3 is 0 Å². The third-order valence-corrected chi connectivity index (χ3v) is 5.41. The third kappa shape index (κ3) is 3.17. The fourth-order valence-corrected chi connectivity index (χ4v) is 3.88. The van der Waals surface area contributed by atoms with Crippen molar-refractivity contribution in [2.24, 2.45) is 5.92 Å². The van der Waals surface area contributed by atoms with Gasteiger partial charge in [0.15, 0.2) is 0 Å². The molecule has 0 radical (unpaired) electrons. The lowest BCUT2D eigenvalue weighted by Gasteiger charge is -2.49. The molecule has 4 rings (SSSR count). The number of rotatable bonds is 6. The predicted octanol–water partition coefficient (Wildman–Crippen LogP) is 3.65. The summed E-state index contributed by atoms with van der Waals surface area (Å²) in [5, 5.41) is 0. The minimum Gasteiger partial charge on any atom is -0.493 e. The summed E-state index contributed by atoms with van der Waals surface area (Å²) in [4.78, 5) is 0. The van der Waals surface area contributed by atoms with Gasteiger partial charge in [0.2, 0.25) is 0 Å². The highest BCUT2D eigenvalue weighted by atomic mass is 16.5. The van der Waals surface area contributed by atoms with Gasteiger partial charge in [0, 0.05) is 6.42 Å². The quantitative estimate of drug-likeness (QED) is 0.568. The predicted molar refractivity (Wildman–Crippen MR) is 83.0 cm³/mol. The summed E-state index contributed by atoms with van der Waals surface area (Å²) >= 11 is 0. The zero-order chi connectivity index (χ0) is 13.8. The molecular weight excluding hydrogens is 246 g/mol. The molecule has 2 heteroatoms. The van der Waals surface area contributed by atoms with Gasteiger partial charge < -0.3 is 9.22 Å². The number of aryl methyl sites for hydroxylation is 1. The summed E-state index contributed by atoms with van der Waals surface area (Å²) in [6.07, 6.45) is 6.71. The van der Waals surface area contributed by atoms with E-state index >= 15 is 0 Å². The van der Waals surface area contributed by atoms with Crippen LogP contribution >= 0.6 is 0 Å². The fourth-order valence-electron chi connectivity index (χ4n) is 3.88. The van der Waals surface area contributed by atoms with Crippen molar-refractivity contribution >= 4 is 0 Å². The van der Waals surface area contributed by atoms with Crippen LogP contribution in [0.5, 0.6) is 5.75 Å². The van der Waals surface area contributed by atoms with E-state index in [0.717, 1.165) is 24.7 Å². The van der Waals surface area contributed by atoms with Gasteiger partial charge in [-0.2, -0.15) is 0 Å². The molecule has 2 bridgehead atoms. The van der Waals surface area contributed by atoms with Crippen molar-refractivity contribution in [2.75, 3.05) is 32.8 Å². The average Bonchev–Trinajstić information content (AvgIpc) is 2.54. The maximum atomic E-state index is 5.89. The van der Waals surface area contributed by atoms with Crippen LogP contribution in [0.1, 0.15) is 38.2 Å². The summed E-state index contributed by atoms with van der Waals surface area (Å²) in [5.74, 6) is 2.09. The second kappa shape index (κ2) is 6.17. The van der Waals surface area contributed by atoms with Crippen LogP contribution in [0.25, 0.3) is 0 Å². The van der Waals surface area contributed by atoms with Gasteiger partial charge in [-0.3, -0.25) is 0 Å². The Morgan fingerprint density at radius 3 is 2.30 bits per heavy atom. The Morgan fingerprint density at radius 1 is 1.05 bits per heavy atom. The van der Waals surface area contributed by atoms with Crippen molar-refractivity contribution in [1.29, 1.82) is 0 Å². The molecule has 0 spiro atoms. The lowest BCUT2D eigenvalue weighted by Crippen LogP contribution is -2.58. The maximum Gasteiger partial charge on any atom is 0.119 e. The van der Waals surface area contributed by atoms with Gasteiger partial charge in [-0.25, -0.2) is 0 Å². The van der Waals surface area contributed by atoms with Crippen molar-refractivity contribution in [1.82, 2.24) is 0 Å². The normalized spacial score (nSPS) is 28.6. The van der Waals surface area contributed by atoms with Crippen molar-refractivity contribution in [3.63, 3.8) is 0 Å². The van der Waals surface area contributed by atoms with E-state index in [-0.39, 0.29) is 0 Å². The summed E-state index contributed by atoms with van der Waals surface area (Å²) in [6.45, 7) is 8.66. The molecule has 3 fully saturated rings. The molecule has 3 saturated heterocycles. The second-order valence-corrected chi connectivity index (χ2v) is 6.67. The Bertz CT molecular complexity index is 404. The number of nitrogens with zero attached hydrogens (tertiary/aromatic N) is 1. The van der Waals surface area contributed by atoms with E-state index in [1.165, 1.54) is 61.9 Å². The highest BCUT2D eigenvalue weighted by molar-refractivity contribution is 5.27. The van der Waals surface area contributed by atoms with Crippen molar-refractivity contribution < 1.29 is 9.22 Å². The molecule has 2 nitrogen and oxygen atoms in total. The Morgan fingerprint density at radius 2 is 1.70 bits per heavy atom. The minimum atomic E-state index is 0.870. The number of fused-ring (bicyclic) bond motifs is 3. The molecule has 3 heterocycles. The Kier molecular flexibility index (Phi) is 4.30. The van der Waals surface area contributed by atoms with Crippen LogP contribution in [0, 0.1) is 5.92 Å². The van der Waals surface area contributed by atoms with E-state index in [2.05, 4.69) is 31.2 Å². The molecule has 0 aromatic heterocycles. The molecule has 1 aromatic carbocycles. The Balaban J connectivity index is 1.41. The molecule has 3 aliphatic rings. The third-order valence-electron chi connectivity index (χ3n) is 5.41. The van der Waals surface area contributed by atoms with Crippen LogP contribution in [0.4, 0.5) is 0 Å². The zero-order valence-corrected chi connectivity index (χ0v) is 12.8. The van der Waals surface area contributed by atoms with Crippen molar-refractivity contribution in [3.8, 4) is 5.75 Å². The number of ether oxygens (including phenoxy) is 1. The number of hydrogen-bond acceptors (Lipinski definition) is 1. The molecule has 0 saturated carbocycles. The SMILES string of the molecule is CCc1ccc(OCCC[N+]23CCC(CC2)CC3)cc1. The van der Waals surface area contributed by atoms with E-state index in [1.54, 1.807) is 0 Å². The molecular formula is C18H28NO+. The van der Waals surface area contributed by atoms with Crippen LogP contribution in [0.3, 0.4) is 0 Å². The zero-order valence-electron chi connectivity index (χ0n) is 12.8. The maximum absolute atomic E-state index is 5.89. The van der Waals surface area contributed by atoms with Crippen LogP contribution in [-0.2, 0) is 6.42 Å². The van der Waals surface area contributed by atoms with Gasteiger partial charge in [0.1, 0.15) is 5.75 Å². The van der Waals surface area contributed by atoms with E-state index in [0.29, 0.717) is 0 Å². The summed E-state index contributed by atoms with van der Waals surface area (Å²) in [5.41, 5.74) is 1.38. The molecule has 20 heavy (non-hydrogen) atoms. The van der Waals surface area contributed by atoms with Gasteiger partial charge in [-0.15, -0.1) is 0 Å². The molecule has 0 unspecified atom stereocenters. The second-order valence-electron chi connectivity index (χ2n) is 6.67. The lowest BCUT2D eigenvalue weighted by molar-refractivity contribution is -0.942. The summed E-state index contributed by atoms with van der Waals surface area (Å²) < 4.78 is 7.27. The van der Waals surface area contributed by atoms with Gasteiger partial charge in [0.25, 0.3) is 0 Å². The first-order valence-corrected chi connectivity index (χ1v) is 8.36. The monoisotopic (exact) mass is 274 g/mol. The first kappa shape index (κ1) is 13.9. The standard InChI is InChI=1S/C18H28NO/c1-2-16-4-6-18(7-5-16)20-15-3-11-19-12-8-17(9-13-19)10-14-19/h4-7,17H,2-3,8-15H2,1H3/q+1. The Hall–Kier alpha value is -1.02. The smallest absolute Gasteiger partial charge is 0.119 e. The van der Waals surface area contributed by atoms with E-state index in [9.17, 15) is 0 Å². The lowest BCUT2D eigenvalue weighted by atomic mass is 9.85. The minimum absolute atomic E-state index is 0.870. The topological polar surface area (TPSA) is 9.23 Å². The molecule has 3 aliphatic heterocycles. The van der Waals surface area contributed by atoms with E-state index in [1.807, 2.05) is 0 Å². The number of hydrogen-bond donors (Lipinski definition) is 0. The molecule has 0 aliphatic carbocycles. The fraction of sp³-hybridized carbons (Fsp3) is 0.667. The highest BCUT2D eigenvalue weighted by Crippen LogP contribution is 2.33. The molecule has 0 N–H and O–H groups in total. The number of piperidine rings is 3. The van der Waals surface area contributed by atoms with Gasteiger partial charge in [-0.1, -0.05) is 19.1 Å². The summed E-state index contributed by atoms with van der Waals surface area (Å²) in [7, 11) is 0. The van der Waals surface area contributed by atoms with E-state index in [4.69, 9.17) is 4.74 Å². The van der Waals surface area contributed by atoms with Gasteiger partial charge in [-0.05, 0) is 49.3 Å². The average molecular weight is 274 g/mol. The van der Waals surface area contributed by atoms with E-state index < -0.39 is 0 Å². The van der Waals surface area contributed by atoms with Crippen LogP contribution in [0.15, 0.2) is 24.3 Å². The van der Waals surface area contributed by atoms with Crippen molar-refractivity contribution in [2.45, 2.75) is 39.0 Å².